The van der Waals surface area contributed by atoms with Gasteiger partial charge in [0.2, 0.25) is 12.3 Å². The van der Waals surface area contributed by atoms with Gasteiger partial charge in [-0.1, -0.05) is 12.1 Å². The van der Waals surface area contributed by atoms with E-state index < -0.39 is 28.6 Å². The van der Waals surface area contributed by atoms with E-state index in [2.05, 4.69) is 25.8 Å². The van der Waals surface area contributed by atoms with Crippen LogP contribution in [0.25, 0.3) is 0 Å². The van der Waals surface area contributed by atoms with Crippen LogP contribution >= 0.6 is 0 Å². The molecule has 1 unspecified atom stereocenters. The molecule has 1 saturated heterocycles. The Kier molecular flexibility index (Phi) is 6.04. The summed E-state index contributed by atoms with van der Waals surface area (Å²) in [5.41, 5.74) is 4.23. The van der Waals surface area contributed by atoms with Gasteiger partial charge >= 0.3 is 6.18 Å². The molecule has 1 atom stereocenters. The van der Waals surface area contributed by atoms with Crippen LogP contribution in [0, 0.1) is 0 Å². The number of aliphatic imine (C=N–C) groups is 1. The molecule has 0 amide bonds. The van der Waals surface area contributed by atoms with E-state index in [9.17, 15) is 13.2 Å². The van der Waals surface area contributed by atoms with Crippen molar-refractivity contribution in [1.82, 2.24) is 25.7 Å². The highest BCUT2D eigenvalue weighted by Gasteiger charge is 2.49. The summed E-state index contributed by atoms with van der Waals surface area (Å²) >= 11 is 0. The maximum atomic E-state index is 16.1. The fourth-order valence-electron chi connectivity index (χ4n) is 4.93. The number of nitrogens with zero attached hydrogens (tertiary/aromatic N) is 4. The van der Waals surface area contributed by atoms with E-state index in [0.29, 0.717) is 37.4 Å². The fourth-order valence-corrected chi connectivity index (χ4v) is 4.93. The normalized spacial score (nSPS) is 24.4. The lowest BCUT2D eigenvalue weighted by Crippen LogP contribution is -2.53. The molecule has 35 heavy (non-hydrogen) atoms. The zero-order chi connectivity index (χ0) is 24.7. The summed E-state index contributed by atoms with van der Waals surface area (Å²) < 4.78 is 60.5. The second kappa shape index (κ2) is 8.90. The maximum absolute atomic E-state index is 16.1. The summed E-state index contributed by atoms with van der Waals surface area (Å²) in [5, 5.41) is 14.1. The standard InChI is InChI=1S/C23H27F4N7O/c24-18-19(34(17-5-6-17)11-15-1-3-16(4-2-15)23(25,26)27)30-13-31-22(18,28)12-21(7-9-29-10-8-21)20-33-32-14-35-20/h1-4,13-14,17,29H,5-12,28H2,(H,30,31). The molecule has 4 N–H and O–H groups in total. The molecule has 2 fully saturated rings. The van der Waals surface area contributed by atoms with Crippen molar-refractivity contribution in [2.24, 2.45) is 10.7 Å². The van der Waals surface area contributed by atoms with Crippen LogP contribution in [0.2, 0.25) is 0 Å². The monoisotopic (exact) mass is 493 g/mol. The lowest BCUT2D eigenvalue weighted by Gasteiger charge is -2.41. The average molecular weight is 494 g/mol. The summed E-state index contributed by atoms with van der Waals surface area (Å²) in [7, 11) is 0. The molecule has 3 aliphatic rings. The second-order valence-electron chi connectivity index (χ2n) is 9.49. The number of aromatic nitrogens is 2. The predicted molar refractivity (Wildman–Crippen MR) is 119 cm³/mol. The number of hydrogen-bond donors (Lipinski definition) is 3. The number of piperidine rings is 1. The van der Waals surface area contributed by atoms with Crippen LogP contribution < -0.4 is 16.4 Å². The summed E-state index contributed by atoms with van der Waals surface area (Å²) in [6.07, 6.45) is 1.35. The molecule has 0 bridgehead atoms. The Morgan fingerprint density at radius 2 is 1.86 bits per heavy atom. The number of benzene rings is 1. The topological polar surface area (TPSA) is 105 Å². The van der Waals surface area contributed by atoms with Gasteiger partial charge in [-0.05, 0) is 56.5 Å². The van der Waals surface area contributed by atoms with Crippen LogP contribution in [-0.4, -0.2) is 46.2 Å². The van der Waals surface area contributed by atoms with Crippen molar-refractivity contribution in [2.75, 3.05) is 13.1 Å². The Labute approximate surface area is 199 Å². The summed E-state index contributed by atoms with van der Waals surface area (Å²) in [4.78, 5) is 6.12. The van der Waals surface area contributed by atoms with E-state index in [-0.39, 0.29) is 24.8 Å². The summed E-state index contributed by atoms with van der Waals surface area (Å²) in [6, 6.07) is 4.98. The highest BCUT2D eigenvalue weighted by atomic mass is 19.4. The molecule has 1 aliphatic carbocycles. The van der Waals surface area contributed by atoms with Gasteiger partial charge in [0.1, 0.15) is 5.82 Å². The number of nitrogens with two attached hydrogens (primary N) is 1. The van der Waals surface area contributed by atoms with Crippen molar-refractivity contribution in [3.8, 4) is 0 Å². The molecule has 8 nitrogen and oxygen atoms in total. The van der Waals surface area contributed by atoms with Crippen LogP contribution in [0.3, 0.4) is 0 Å². The van der Waals surface area contributed by atoms with E-state index in [4.69, 9.17) is 10.2 Å². The molecular weight excluding hydrogens is 466 g/mol. The molecule has 2 aromatic rings. The van der Waals surface area contributed by atoms with Gasteiger partial charge in [-0.2, -0.15) is 13.2 Å². The molecule has 0 spiro atoms. The lowest BCUT2D eigenvalue weighted by molar-refractivity contribution is -0.137. The molecule has 1 aromatic heterocycles. The third-order valence-electron chi connectivity index (χ3n) is 6.98. The first kappa shape index (κ1) is 23.7. The fraction of sp³-hybridized carbons (Fsp3) is 0.522. The smallest absolute Gasteiger partial charge is 0.416 e. The Morgan fingerprint density at radius 3 is 2.46 bits per heavy atom. The SMILES string of the molecule is NC1(CC2(c3nnco3)CCNCC2)N=CNC(N(Cc2ccc(C(F)(F)F)cc2)C2CC2)=C1F. The third kappa shape index (κ3) is 4.76. The summed E-state index contributed by atoms with van der Waals surface area (Å²) in [6.45, 7) is 1.63. The van der Waals surface area contributed by atoms with Crippen molar-refractivity contribution in [3.05, 3.63) is 59.3 Å². The number of nitrogens with one attached hydrogen (secondary N) is 2. The van der Waals surface area contributed by atoms with E-state index in [0.717, 1.165) is 25.0 Å². The molecule has 1 aromatic carbocycles. The van der Waals surface area contributed by atoms with Crippen molar-refractivity contribution in [1.29, 1.82) is 0 Å². The largest absolute Gasteiger partial charge is 0.427 e. The minimum absolute atomic E-state index is 0.0603. The van der Waals surface area contributed by atoms with Gasteiger partial charge in [0.15, 0.2) is 11.5 Å². The van der Waals surface area contributed by atoms with E-state index >= 15 is 4.39 Å². The second-order valence-corrected chi connectivity index (χ2v) is 9.49. The zero-order valence-electron chi connectivity index (χ0n) is 19.0. The zero-order valence-corrected chi connectivity index (χ0v) is 19.0. The van der Waals surface area contributed by atoms with Crippen LogP contribution in [0.4, 0.5) is 17.6 Å². The molecule has 3 heterocycles. The van der Waals surface area contributed by atoms with E-state index in [1.54, 1.807) is 0 Å². The minimum Gasteiger partial charge on any atom is -0.427 e. The number of halogens is 4. The molecule has 0 radical (unpaired) electrons. The average Bonchev–Trinajstić information content (AvgIpc) is 3.51. The van der Waals surface area contributed by atoms with Gasteiger partial charge in [0.05, 0.1) is 17.3 Å². The van der Waals surface area contributed by atoms with Gasteiger partial charge < -0.3 is 25.7 Å². The first-order valence-corrected chi connectivity index (χ1v) is 11.6. The van der Waals surface area contributed by atoms with Gasteiger partial charge in [0.25, 0.3) is 0 Å². The molecule has 5 rings (SSSR count). The number of hydrogen-bond acceptors (Lipinski definition) is 8. The Bertz CT molecular complexity index is 1090. The highest BCUT2D eigenvalue weighted by Crippen LogP contribution is 2.44. The predicted octanol–water partition coefficient (Wildman–Crippen LogP) is 3.19. The third-order valence-corrected chi connectivity index (χ3v) is 6.98. The Balaban J connectivity index is 1.43. The summed E-state index contributed by atoms with van der Waals surface area (Å²) in [5.74, 6) is -0.00791. The first-order chi connectivity index (χ1) is 16.7. The van der Waals surface area contributed by atoms with Crippen molar-refractivity contribution in [3.63, 3.8) is 0 Å². The molecule has 2 aliphatic heterocycles. The quantitative estimate of drug-likeness (QED) is 0.509. The molecule has 12 heteroatoms. The lowest BCUT2D eigenvalue weighted by atomic mass is 9.72. The van der Waals surface area contributed by atoms with Gasteiger partial charge in [-0.15, -0.1) is 10.2 Å². The van der Waals surface area contributed by atoms with Crippen molar-refractivity contribution in [2.45, 2.75) is 61.9 Å². The van der Waals surface area contributed by atoms with Crippen molar-refractivity contribution < 1.29 is 22.0 Å². The van der Waals surface area contributed by atoms with Crippen LogP contribution in [-0.2, 0) is 18.1 Å². The van der Waals surface area contributed by atoms with Crippen molar-refractivity contribution >= 4 is 6.34 Å². The maximum Gasteiger partial charge on any atom is 0.416 e. The Morgan fingerprint density at radius 1 is 1.14 bits per heavy atom. The molecular formula is C23H27F4N7O. The molecule has 1 saturated carbocycles. The van der Waals surface area contributed by atoms with Gasteiger partial charge in [-0.25, -0.2) is 9.38 Å². The number of rotatable bonds is 7. The van der Waals surface area contributed by atoms with Gasteiger partial charge in [0, 0.05) is 19.0 Å². The van der Waals surface area contributed by atoms with Crippen LogP contribution in [0.1, 0.15) is 49.1 Å². The Hall–Kier alpha value is -2.99. The van der Waals surface area contributed by atoms with Crippen LogP contribution in [0.5, 0.6) is 0 Å². The van der Waals surface area contributed by atoms with Gasteiger partial charge in [-0.3, -0.25) is 0 Å². The first-order valence-electron chi connectivity index (χ1n) is 11.6. The van der Waals surface area contributed by atoms with Crippen LogP contribution in [0.15, 0.2) is 51.7 Å². The molecule has 188 valence electrons. The highest BCUT2D eigenvalue weighted by molar-refractivity contribution is 5.61. The van der Waals surface area contributed by atoms with E-state index in [1.807, 2.05) is 4.90 Å². The number of alkyl halides is 3. The van der Waals surface area contributed by atoms with E-state index in [1.165, 1.54) is 24.9 Å². The minimum atomic E-state index is -4.41.